The normalized spacial score (nSPS) is 10.8. The molecule has 0 radical (unpaired) electrons. The van der Waals surface area contributed by atoms with Crippen molar-refractivity contribution >= 4 is 22.9 Å². The Morgan fingerprint density at radius 3 is 2.32 bits per heavy atom. The lowest BCUT2D eigenvalue weighted by Gasteiger charge is -2.11. The van der Waals surface area contributed by atoms with E-state index in [2.05, 4.69) is 10.2 Å². The number of hydrogen-bond acceptors (Lipinski definition) is 5. The topological polar surface area (TPSA) is 78.1 Å². The van der Waals surface area contributed by atoms with Gasteiger partial charge in [0.2, 0.25) is 0 Å². The number of azo groups is 1. The molecule has 0 aliphatic heterocycles. The number of anilines is 2. The average molecular weight is 258 g/mol. The highest BCUT2D eigenvalue weighted by Gasteiger charge is 2.08. The smallest absolute Gasteiger partial charge is 0.388 e. The van der Waals surface area contributed by atoms with Crippen LogP contribution in [0.25, 0.3) is 0 Å². The third kappa shape index (κ3) is 3.19. The Bertz CT molecular complexity index is 592. The molecule has 1 aromatic heterocycles. The van der Waals surface area contributed by atoms with E-state index in [0.717, 1.165) is 10.4 Å². The number of nitrogens with zero attached hydrogens (tertiary/aromatic N) is 4. The molecule has 0 aliphatic carbocycles. The summed E-state index contributed by atoms with van der Waals surface area (Å²) in [5, 5.41) is 17.6. The molecule has 0 unspecified atom stereocenters. The first-order valence-corrected chi connectivity index (χ1v) is 5.76. The van der Waals surface area contributed by atoms with Crippen molar-refractivity contribution in [2.45, 2.75) is 0 Å². The van der Waals surface area contributed by atoms with Crippen molar-refractivity contribution in [3.63, 3.8) is 0 Å². The molecule has 0 saturated carbocycles. The van der Waals surface area contributed by atoms with Gasteiger partial charge >= 0.3 is 5.82 Å². The molecule has 19 heavy (non-hydrogen) atoms. The van der Waals surface area contributed by atoms with Gasteiger partial charge in [0.15, 0.2) is 6.20 Å². The Kier molecular flexibility index (Phi) is 3.61. The summed E-state index contributed by atoms with van der Waals surface area (Å²) in [7, 11) is 3.94. The van der Waals surface area contributed by atoms with Crippen LogP contribution in [-0.2, 0) is 0 Å². The van der Waals surface area contributed by atoms with Crippen molar-refractivity contribution < 1.29 is 9.94 Å². The van der Waals surface area contributed by atoms with Crippen molar-refractivity contribution in [3.05, 3.63) is 42.6 Å². The lowest BCUT2D eigenvalue weighted by atomic mass is 10.3. The van der Waals surface area contributed by atoms with E-state index in [0.29, 0.717) is 17.2 Å². The zero-order valence-electron chi connectivity index (χ0n) is 10.9. The van der Waals surface area contributed by atoms with Gasteiger partial charge in [0.05, 0.1) is 10.8 Å². The van der Waals surface area contributed by atoms with E-state index in [9.17, 15) is 5.21 Å². The molecule has 6 nitrogen and oxygen atoms in total. The number of hydrogen-bond donors (Lipinski definition) is 2. The Hall–Kier alpha value is -2.63. The molecule has 1 aromatic carbocycles. The molecular weight excluding hydrogens is 242 g/mol. The second kappa shape index (κ2) is 5.34. The monoisotopic (exact) mass is 258 g/mol. The van der Waals surface area contributed by atoms with Gasteiger partial charge in [-0.25, -0.2) is 0 Å². The number of pyridine rings is 1. The SMILES string of the molecule is CN(C)c1ccc(N=Nc2ccc(N)c[n+]2O)cc1. The Morgan fingerprint density at radius 2 is 1.74 bits per heavy atom. The summed E-state index contributed by atoms with van der Waals surface area (Å²) in [4.78, 5) is 2.00. The molecule has 0 amide bonds. The Balaban J connectivity index is 2.18. The van der Waals surface area contributed by atoms with Gasteiger partial charge in [-0.15, -0.1) is 0 Å². The molecule has 3 N–H and O–H groups in total. The number of benzene rings is 1. The highest BCUT2D eigenvalue weighted by Crippen LogP contribution is 2.20. The minimum absolute atomic E-state index is 0.311. The van der Waals surface area contributed by atoms with Crippen LogP contribution in [0.3, 0.4) is 0 Å². The van der Waals surface area contributed by atoms with Gasteiger partial charge in [0.1, 0.15) is 5.69 Å². The van der Waals surface area contributed by atoms with Gasteiger partial charge in [-0.2, -0.15) is 0 Å². The summed E-state index contributed by atoms with van der Waals surface area (Å²) in [5.74, 6) is 0.311. The van der Waals surface area contributed by atoms with Gasteiger partial charge in [0.25, 0.3) is 0 Å². The fraction of sp³-hybridized carbons (Fsp3) is 0.154. The predicted molar refractivity (Wildman–Crippen MR) is 73.2 cm³/mol. The maximum absolute atomic E-state index is 9.56. The second-order valence-corrected chi connectivity index (χ2v) is 4.28. The first kappa shape index (κ1) is 12.8. The zero-order chi connectivity index (χ0) is 13.8. The van der Waals surface area contributed by atoms with E-state index >= 15 is 0 Å². The largest absolute Gasteiger partial charge is 0.396 e. The van der Waals surface area contributed by atoms with Gasteiger partial charge in [0, 0.05) is 25.8 Å². The molecule has 0 spiro atoms. The van der Waals surface area contributed by atoms with Crippen LogP contribution < -0.4 is 15.4 Å². The van der Waals surface area contributed by atoms with E-state index in [4.69, 9.17) is 5.73 Å². The van der Waals surface area contributed by atoms with E-state index in [1.807, 2.05) is 43.3 Å². The highest BCUT2D eigenvalue weighted by molar-refractivity contribution is 5.51. The number of rotatable bonds is 3. The fourth-order valence-corrected chi connectivity index (χ4v) is 1.50. The molecule has 1 heterocycles. The fourth-order valence-electron chi connectivity index (χ4n) is 1.50. The third-order valence-electron chi connectivity index (χ3n) is 2.56. The van der Waals surface area contributed by atoms with E-state index in [-0.39, 0.29) is 0 Å². The Labute approximate surface area is 111 Å². The van der Waals surface area contributed by atoms with Crippen molar-refractivity contribution in [2.24, 2.45) is 10.2 Å². The van der Waals surface area contributed by atoms with Crippen LogP contribution in [0.2, 0.25) is 0 Å². The standard InChI is InChI=1S/C13H16N5O/c1-17(2)12-6-4-11(5-7-12)15-16-13-8-3-10(14)9-18(13)19/h3-9,19H,14H2,1-2H3/q+1. The van der Waals surface area contributed by atoms with Crippen LogP contribution in [0, 0.1) is 0 Å². The molecule has 0 bridgehead atoms. The molecule has 6 heteroatoms. The van der Waals surface area contributed by atoms with Crippen LogP contribution in [0.4, 0.5) is 22.9 Å². The molecule has 2 aromatic rings. The lowest BCUT2D eigenvalue weighted by Crippen LogP contribution is -2.29. The number of nitrogens with two attached hydrogens (primary N) is 1. The highest BCUT2D eigenvalue weighted by atomic mass is 16.5. The second-order valence-electron chi connectivity index (χ2n) is 4.28. The summed E-state index contributed by atoms with van der Waals surface area (Å²) >= 11 is 0. The molecule has 0 fully saturated rings. The van der Waals surface area contributed by atoms with Crippen LogP contribution in [0.1, 0.15) is 0 Å². The van der Waals surface area contributed by atoms with Crippen molar-refractivity contribution in [1.29, 1.82) is 0 Å². The molecule has 2 rings (SSSR count). The first-order valence-electron chi connectivity index (χ1n) is 5.76. The quantitative estimate of drug-likeness (QED) is 0.503. The molecule has 98 valence electrons. The van der Waals surface area contributed by atoms with Crippen LogP contribution >= 0.6 is 0 Å². The predicted octanol–water partition coefficient (Wildman–Crippen LogP) is 2.27. The summed E-state index contributed by atoms with van der Waals surface area (Å²) in [6.45, 7) is 0. The van der Waals surface area contributed by atoms with Crippen molar-refractivity contribution in [1.82, 2.24) is 0 Å². The minimum Gasteiger partial charge on any atom is -0.396 e. The molecular formula is C13H16N5O+. The van der Waals surface area contributed by atoms with E-state index < -0.39 is 0 Å². The van der Waals surface area contributed by atoms with Gasteiger partial charge in [-0.1, -0.05) is 0 Å². The number of nitrogen functional groups attached to an aromatic ring is 1. The van der Waals surface area contributed by atoms with Gasteiger partial charge < -0.3 is 15.8 Å². The Morgan fingerprint density at radius 1 is 1.05 bits per heavy atom. The van der Waals surface area contributed by atoms with Crippen molar-refractivity contribution in [2.75, 3.05) is 24.7 Å². The average Bonchev–Trinajstić information content (AvgIpc) is 2.38. The zero-order valence-corrected chi connectivity index (χ0v) is 10.9. The summed E-state index contributed by atoms with van der Waals surface area (Å²) in [5.41, 5.74) is 7.77. The first-order chi connectivity index (χ1) is 9.06. The summed E-state index contributed by atoms with van der Waals surface area (Å²) in [6.07, 6.45) is 1.36. The maximum Gasteiger partial charge on any atom is 0.388 e. The molecule has 0 aliphatic rings. The molecule has 0 atom stereocenters. The van der Waals surface area contributed by atoms with E-state index in [1.54, 1.807) is 12.1 Å². The van der Waals surface area contributed by atoms with Crippen LogP contribution in [-0.4, -0.2) is 19.3 Å². The van der Waals surface area contributed by atoms with Gasteiger partial charge in [-0.3, -0.25) is 0 Å². The summed E-state index contributed by atoms with van der Waals surface area (Å²) in [6, 6.07) is 10.9. The molecule has 0 saturated heterocycles. The minimum atomic E-state index is 0.311. The van der Waals surface area contributed by atoms with Crippen LogP contribution in [0.15, 0.2) is 52.8 Å². The maximum atomic E-state index is 9.56. The number of aromatic nitrogens is 1. The van der Waals surface area contributed by atoms with Crippen molar-refractivity contribution in [3.8, 4) is 0 Å². The lowest BCUT2D eigenvalue weighted by molar-refractivity contribution is -0.894. The summed E-state index contributed by atoms with van der Waals surface area (Å²) < 4.78 is 0.840. The van der Waals surface area contributed by atoms with Gasteiger partial charge in [-0.05, 0) is 40.2 Å². The van der Waals surface area contributed by atoms with Crippen LogP contribution in [0.5, 0.6) is 0 Å². The third-order valence-corrected chi connectivity index (χ3v) is 2.56. The van der Waals surface area contributed by atoms with E-state index in [1.165, 1.54) is 6.20 Å².